The van der Waals surface area contributed by atoms with Gasteiger partial charge in [-0.2, -0.15) is 5.10 Å². The predicted molar refractivity (Wildman–Crippen MR) is 86.1 cm³/mol. The van der Waals surface area contributed by atoms with E-state index in [1.54, 1.807) is 6.92 Å². The third-order valence-electron chi connectivity index (χ3n) is 2.27. The third kappa shape index (κ3) is 5.34. The summed E-state index contributed by atoms with van der Waals surface area (Å²) in [6.45, 7) is 11.7. The van der Waals surface area contributed by atoms with E-state index in [1.807, 2.05) is 34.6 Å². The predicted octanol–water partition coefficient (Wildman–Crippen LogP) is 3.27. The van der Waals surface area contributed by atoms with Crippen molar-refractivity contribution >= 4 is 29.1 Å². The molecule has 1 heterocycles. The molecule has 21 heavy (non-hydrogen) atoms. The molecule has 1 aromatic heterocycles. The fourth-order valence-corrected chi connectivity index (χ4v) is 2.21. The first-order valence-electron chi connectivity index (χ1n) is 6.84. The van der Waals surface area contributed by atoms with E-state index < -0.39 is 5.97 Å². The van der Waals surface area contributed by atoms with Crippen molar-refractivity contribution in [3.63, 3.8) is 0 Å². The number of esters is 1. The summed E-state index contributed by atoms with van der Waals surface area (Å²) in [4.78, 5) is 20.8. The molecule has 0 radical (unpaired) electrons. The first-order chi connectivity index (χ1) is 9.85. The van der Waals surface area contributed by atoms with Crippen molar-refractivity contribution in [2.45, 2.75) is 51.9 Å². The molecule has 1 N–H and O–H groups in total. The third-order valence-corrected chi connectivity index (χ3v) is 3.14. The molecule has 0 aliphatic rings. The van der Waals surface area contributed by atoms with Gasteiger partial charge in [0.05, 0.1) is 12.3 Å². The Labute approximate surface area is 129 Å². The zero-order valence-electron chi connectivity index (χ0n) is 13.4. The highest BCUT2D eigenvalue weighted by Crippen LogP contribution is 2.25. The van der Waals surface area contributed by atoms with Crippen molar-refractivity contribution < 1.29 is 9.53 Å². The van der Waals surface area contributed by atoms with E-state index >= 15 is 0 Å². The van der Waals surface area contributed by atoms with Crippen molar-refractivity contribution in [3.05, 3.63) is 11.4 Å². The zero-order valence-corrected chi connectivity index (χ0v) is 14.2. The van der Waals surface area contributed by atoms with Crippen LogP contribution < -0.4 is 5.43 Å². The highest BCUT2D eigenvalue weighted by molar-refractivity contribution is 7.99. The van der Waals surface area contributed by atoms with Gasteiger partial charge in [-0.3, -0.25) is 5.43 Å². The van der Waals surface area contributed by atoms with Crippen LogP contribution in [0.3, 0.4) is 0 Å². The van der Waals surface area contributed by atoms with E-state index in [0.717, 1.165) is 5.71 Å². The second-order valence-electron chi connectivity index (χ2n) is 4.87. The van der Waals surface area contributed by atoms with Gasteiger partial charge >= 0.3 is 5.97 Å². The van der Waals surface area contributed by atoms with E-state index in [-0.39, 0.29) is 5.69 Å². The number of aryl methyl sites for hydroxylation is 1. The highest BCUT2D eigenvalue weighted by Gasteiger charge is 2.20. The van der Waals surface area contributed by atoms with Gasteiger partial charge in [0.25, 0.3) is 0 Å². The Morgan fingerprint density at radius 1 is 1.38 bits per heavy atom. The van der Waals surface area contributed by atoms with Gasteiger partial charge in [-0.25, -0.2) is 14.8 Å². The van der Waals surface area contributed by atoms with Crippen LogP contribution in [-0.4, -0.2) is 33.5 Å². The lowest BCUT2D eigenvalue weighted by Gasteiger charge is -2.12. The minimum Gasteiger partial charge on any atom is -0.461 e. The number of thioether (sulfide) groups is 1. The Kier molecular flexibility index (Phi) is 6.61. The molecule has 0 aliphatic carbocycles. The van der Waals surface area contributed by atoms with Crippen molar-refractivity contribution in [3.8, 4) is 0 Å². The van der Waals surface area contributed by atoms with E-state index in [1.165, 1.54) is 11.8 Å². The largest absolute Gasteiger partial charge is 0.461 e. The van der Waals surface area contributed by atoms with Crippen molar-refractivity contribution in [1.29, 1.82) is 0 Å². The first-order valence-corrected chi connectivity index (χ1v) is 7.72. The maximum Gasteiger partial charge on any atom is 0.359 e. The molecule has 0 saturated heterocycles. The lowest BCUT2D eigenvalue weighted by atomic mass is 10.3. The van der Waals surface area contributed by atoms with Gasteiger partial charge in [0.1, 0.15) is 5.69 Å². The Balaban J connectivity index is 3.26. The molecule has 1 rings (SSSR count). The molecule has 0 unspecified atom stereocenters. The second-order valence-corrected chi connectivity index (χ2v) is 6.42. The summed E-state index contributed by atoms with van der Waals surface area (Å²) in [5, 5.41) is 5.01. The average Bonchev–Trinajstić information content (AvgIpc) is 2.36. The average molecular weight is 310 g/mol. The summed E-state index contributed by atoms with van der Waals surface area (Å²) >= 11 is 1.50. The van der Waals surface area contributed by atoms with Gasteiger partial charge in [-0.15, -0.1) is 0 Å². The first kappa shape index (κ1) is 17.4. The van der Waals surface area contributed by atoms with Crippen LogP contribution >= 0.6 is 11.8 Å². The number of hydrogen-bond acceptors (Lipinski definition) is 7. The summed E-state index contributed by atoms with van der Waals surface area (Å²) in [7, 11) is 0. The topological polar surface area (TPSA) is 76.5 Å². The summed E-state index contributed by atoms with van der Waals surface area (Å²) < 4.78 is 5.06. The maximum atomic E-state index is 12.1. The molecule has 0 aliphatic heterocycles. The number of carbonyl (C=O) groups is 1. The van der Waals surface area contributed by atoms with Crippen LogP contribution in [0.4, 0.5) is 5.69 Å². The maximum absolute atomic E-state index is 12.1. The number of anilines is 1. The second kappa shape index (κ2) is 7.97. The van der Waals surface area contributed by atoms with Crippen molar-refractivity contribution in [2.75, 3.05) is 12.0 Å². The molecule has 0 bridgehead atoms. The van der Waals surface area contributed by atoms with Crippen LogP contribution in [0.25, 0.3) is 0 Å². The molecule has 7 heteroatoms. The highest BCUT2D eigenvalue weighted by atomic mass is 32.2. The van der Waals surface area contributed by atoms with Crippen LogP contribution in [0.2, 0.25) is 0 Å². The summed E-state index contributed by atoms with van der Waals surface area (Å²) in [5.41, 5.74) is 5.07. The van der Waals surface area contributed by atoms with Crippen LogP contribution in [0.5, 0.6) is 0 Å². The molecular weight excluding hydrogens is 288 g/mol. The lowest BCUT2D eigenvalue weighted by Crippen LogP contribution is -2.14. The molecule has 0 amide bonds. The molecular formula is C14H22N4O2S. The molecule has 116 valence electrons. The molecule has 0 fully saturated rings. The number of hydrazone groups is 1. The van der Waals surface area contributed by atoms with Gasteiger partial charge in [0.15, 0.2) is 10.9 Å². The van der Waals surface area contributed by atoms with Gasteiger partial charge in [0.2, 0.25) is 0 Å². The molecule has 0 spiro atoms. The van der Waals surface area contributed by atoms with Gasteiger partial charge in [-0.1, -0.05) is 25.6 Å². The molecule has 0 saturated carbocycles. The Morgan fingerprint density at radius 2 is 2.05 bits per heavy atom. The zero-order chi connectivity index (χ0) is 16.0. The van der Waals surface area contributed by atoms with Crippen molar-refractivity contribution in [2.24, 2.45) is 5.10 Å². The summed E-state index contributed by atoms with van der Waals surface area (Å²) in [6, 6.07) is 0. The van der Waals surface area contributed by atoms with E-state index in [0.29, 0.717) is 28.4 Å². The van der Waals surface area contributed by atoms with Crippen LogP contribution in [0, 0.1) is 6.92 Å². The smallest absolute Gasteiger partial charge is 0.359 e. The van der Waals surface area contributed by atoms with E-state index in [9.17, 15) is 4.79 Å². The Morgan fingerprint density at radius 3 is 2.57 bits per heavy atom. The van der Waals surface area contributed by atoms with E-state index in [2.05, 4.69) is 20.5 Å². The number of nitrogens with zero attached hydrogens (tertiary/aromatic N) is 3. The molecule has 1 aromatic rings. The minimum absolute atomic E-state index is 0.220. The van der Waals surface area contributed by atoms with Crippen LogP contribution in [-0.2, 0) is 4.74 Å². The minimum atomic E-state index is -0.472. The number of aromatic nitrogens is 2. The number of hydrogen-bond donors (Lipinski definition) is 1. The molecule has 6 nitrogen and oxygen atoms in total. The standard InChI is InChI=1S/C14H22N4O2S/c1-7-20-13(19)12-11(18-17-8(2)3)10(6)15-14(16-12)21-9(4)5/h9,18H,7H2,1-6H3. The molecule has 0 aromatic carbocycles. The Hall–Kier alpha value is -1.63. The monoisotopic (exact) mass is 310 g/mol. The van der Waals surface area contributed by atoms with Gasteiger partial charge < -0.3 is 4.74 Å². The Bertz CT molecular complexity index is 540. The summed E-state index contributed by atoms with van der Waals surface area (Å²) in [6.07, 6.45) is 0. The van der Waals surface area contributed by atoms with Crippen LogP contribution in [0.1, 0.15) is 50.8 Å². The van der Waals surface area contributed by atoms with Crippen LogP contribution in [0.15, 0.2) is 10.3 Å². The van der Waals surface area contributed by atoms with E-state index in [4.69, 9.17) is 4.74 Å². The van der Waals surface area contributed by atoms with Gasteiger partial charge in [-0.05, 0) is 27.7 Å². The lowest BCUT2D eigenvalue weighted by molar-refractivity contribution is 0.0519. The fourth-order valence-electron chi connectivity index (χ4n) is 1.46. The number of ether oxygens (including phenoxy) is 1. The summed E-state index contributed by atoms with van der Waals surface area (Å²) in [5.74, 6) is -0.472. The number of rotatable bonds is 6. The number of carbonyl (C=O) groups excluding carboxylic acids is 1. The quantitative estimate of drug-likeness (QED) is 0.286. The number of nitrogens with one attached hydrogen (secondary N) is 1. The fraction of sp³-hybridized carbons (Fsp3) is 0.571. The van der Waals surface area contributed by atoms with Gasteiger partial charge in [0, 0.05) is 11.0 Å². The SMILES string of the molecule is CCOC(=O)c1nc(SC(C)C)nc(C)c1NN=C(C)C. The normalized spacial score (nSPS) is 10.4. The molecule has 0 atom stereocenters. The van der Waals surface area contributed by atoms with Crippen molar-refractivity contribution in [1.82, 2.24) is 9.97 Å².